The summed E-state index contributed by atoms with van der Waals surface area (Å²) in [6.07, 6.45) is 1.70. The number of carbonyl (C=O) groups excluding carboxylic acids is 2. The van der Waals surface area contributed by atoms with Crippen molar-refractivity contribution < 1.29 is 14.3 Å². The first-order valence-corrected chi connectivity index (χ1v) is 3.64. The Morgan fingerprint density at radius 2 is 2.08 bits per heavy atom. The van der Waals surface area contributed by atoms with Gasteiger partial charge < -0.3 is 9.64 Å². The van der Waals surface area contributed by atoms with Crippen molar-refractivity contribution in [2.75, 3.05) is 14.1 Å². The molecule has 0 aliphatic rings. The Labute approximate surface area is 71.8 Å². The summed E-state index contributed by atoms with van der Waals surface area (Å²) in [6.45, 7) is 2.04. The second-order valence-electron chi connectivity index (χ2n) is 2.41. The summed E-state index contributed by atoms with van der Waals surface area (Å²) >= 11 is 0. The van der Waals surface area contributed by atoms with Gasteiger partial charge in [-0.25, -0.2) is 0 Å². The number of ether oxygens (including phenoxy) is 1. The van der Waals surface area contributed by atoms with Crippen LogP contribution in [0.1, 0.15) is 13.3 Å². The largest absolute Gasteiger partial charge is 0.412 e. The van der Waals surface area contributed by atoms with E-state index < -0.39 is 0 Å². The van der Waals surface area contributed by atoms with Gasteiger partial charge in [-0.1, -0.05) is 6.92 Å². The quantitative estimate of drug-likeness (QED) is 0.344. The zero-order valence-electron chi connectivity index (χ0n) is 7.53. The van der Waals surface area contributed by atoms with Crippen LogP contribution in [0.25, 0.3) is 0 Å². The van der Waals surface area contributed by atoms with Crippen molar-refractivity contribution in [1.82, 2.24) is 4.90 Å². The summed E-state index contributed by atoms with van der Waals surface area (Å²) < 4.78 is 4.56. The first-order chi connectivity index (χ1) is 5.61. The second-order valence-corrected chi connectivity index (χ2v) is 2.41. The molecular formula is C8H13NO3. The van der Waals surface area contributed by atoms with Gasteiger partial charge in [0, 0.05) is 26.6 Å². The Morgan fingerprint density at radius 3 is 2.42 bits per heavy atom. The molecule has 0 saturated carbocycles. The standard InChI is InChI=1S/C8H13NO3/c1-4-7(11)5-8(9(2)3)12-6-10/h5-6H,4H2,1-3H3. The van der Waals surface area contributed by atoms with Crippen LogP contribution >= 0.6 is 0 Å². The van der Waals surface area contributed by atoms with Crippen LogP contribution in [0.4, 0.5) is 0 Å². The van der Waals surface area contributed by atoms with Gasteiger partial charge in [-0.2, -0.15) is 0 Å². The van der Waals surface area contributed by atoms with Gasteiger partial charge in [0.2, 0.25) is 5.88 Å². The van der Waals surface area contributed by atoms with Crippen molar-refractivity contribution in [1.29, 1.82) is 0 Å². The van der Waals surface area contributed by atoms with Crippen molar-refractivity contribution in [2.24, 2.45) is 0 Å². The maximum absolute atomic E-state index is 10.9. The van der Waals surface area contributed by atoms with Gasteiger partial charge in [-0.3, -0.25) is 9.59 Å². The first-order valence-electron chi connectivity index (χ1n) is 3.64. The minimum absolute atomic E-state index is 0.0689. The third-order valence-electron chi connectivity index (χ3n) is 1.24. The molecule has 0 aromatic heterocycles. The fourth-order valence-corrected chi connectivity index (χ4v) is 0.558. The number of carbonyl (C=O) groups is 2. The van der Waals surface area contributed by atoms with E-state index in [1.807, 2.05) is 0 Å². The number of allylic oxidation sites excluding steroid dienone is 1. The van der Waals surface area contributed by atoms with E-state index in [1.165, 1.54) is 6.08 Å². The Bertz CT molecular complexity index is 196. The molecule has 0 radical (unpaired) electrons. The molecule has 0 atom stereocenters. The molecule has 0 aliphatic heterocycles. The van der Waals surface area contributed by atoms with Crippen molar-refractivity contribution >= 4 is 12.3 Å². The fourth-order valence-electron chi connectivity index (χ4n) is 0.558. The summed E-state index contributed by atoms with van der Waals surface area (Å²) in [6, 6.07) is 0. The second kappa shape index (κ2) is 5.35. The smallest absolute Gasteiger partial charge is 0.299 e. The minimum atomic E-state index is -0.0689. The van der Waals surface area contributed by atoms with Gasteiger partial charge in [-0.05, 0) is 0 Å². The van der Waals surface area contributed by atoms with Crippen LogP contribution in [0.15, 0.2) is 12.0 Å². The number of hydrogen-bond donors (Lipinski definition) is 0. The molecule has 0 heterocycles. The van der Waals surface area contributed by atoms with Crippen molar-refractivity contribution in [2.45, 2.75) is 13.3 Å². The highest BCUT2D eigenvalue weighted by atomic mass is 16.5. The van der Waals surface area contributed by atoms with Gasteiger partial charge >= 0.3 is 0 Å². The SMILES string of the molecule is CCC(=O)C=C(OC=O)N(C)C. The molecule has 0 bridgehead atoms. The van der Waals surface area contributed by atoms with Crippen LogP contribution in [0, 0.1) is 0 Å². The summed E-state index contributed by atoms with van der Waals surface area (Å²) in [7, 11) is 3.39. The van der Waals surface area contributed by atoms with E-state index in [1.54, 1.807) is 25.9 Å². The topological polar surface area (TPSA) is 46.6 Å². The molecule has 0 amide bonds. The molecule has 4 heteroatoms. The van der Waals surface area contributed by atoms with Crippen LogP contribution in [0.5, 0.6) is 0 Å². The molecule has 0 saturated heterocycles. The van der Waals surface area contributed by atoms with E-state index in [4.69, 9.17) is 0 Å². The summed E-state index contributed by atoms with van der Waals surface area (Å²) in [5.41, 5.74) is 0. The molecular weight excluding hydrogens is 158 g/mol. The lowest BCUT2D eigenvalue weighted by molar-refractivity contribution is -0.127. The average Bonchev–Trinajstić information content (AvgIpc) is 2.03. The van der Waals surface area contributed by atoms with Crippen molar-refractivity contribution in [3.63, 3.8) is 0 Å². The van der Waals surface area contributed by atoms with Crippen molar-refractivity contribution in [3.8, 4) is 0 Å². The predicted molar refractivity (Wildman–Crippen MR) is 44.2 cm³/mol. The van der Waals surface area contributed by atoms with E-state index in [2.05, 4.69) is 4.74 Å². The minimum Gasteiger partial charge on any atom is -0.412 e. The van der Waals surface area contributed by atoms with Gasteiger partial charge in [0.05, 0.1) is 0 Å². The van der Waals surface area contributed by atoms with Gasteiger partial charge in [0.1, 0.15) is 0 Å². The molecule has 12 heavy (non-hydrogen) atoms. The van der Waals surface area contributed by atoms with E-state index >= 15 is 0 Å². The molecule has 0 aromatic carbocycles. The van der Waals surface area contributed by atoms with Crippen LogP contribution < -0.4 is 0 Å². The highest BCUT2D eigenvalue weighted by Gasteiger charge is 2.02. The van der Waals surface area contributed by atoms with E-state index in [9.17, 15) is 9.59 Å². The summed E-state index contributed by atoms with van der Waals surface area (Å²) in [5, 5.41) is 0. The normalized spacial score (nSPS) is 10.8. The number of hydrogen-bond acceptors (Lipinski definition) is 4. The van der Waals surface area contributed by atoms with Gasteiger partial charge in [-0.15, -0.1) is 0 Å². The maximum Gasteiger partial charge on any atom is 0.299 e. The Balaban J connectivity index is 4.37. The van der Waals surface area contributed by atoms with E-state index in [0.717, 1.165) is 0 Å². The highest BCUT2D eigenvalue weighted by Crippen LogP contribution is 2.00. The lowest BCUT2D eigenvalue weighted by atomic mass is 10.3. The monoisotopic (exact) mass is 171 g/mol. The highest BCUT2D eigenvalue weighted by molar-refractivity contribution is 5.89. The molecule has 0 aromatic rings. The van der Waals surface area contributed by atoms with Crippen LogP contribution in [0.2, 0.25) is 0 Å². The lowest BCUT2D eigenvalue weighted by Crippen LogP contribution is -2.15. The molecule has 68 valence electrons. The molecule has 0 rings (SSSR count). The predicted octanol–water partition coefficient (Wildman–Crippen LogP) is 0.541. The number of nitrogens with zero attached hydrogens (tertiary/aromatic N) is 1. The lowest BCUT2D eigenvalue weighted by Gasteiger charge is -2.13. The molecule has 0 spiro atoms. The Hall–Kier alpha value is -1.32. The zero-order valence-corrected chi connectivity index (χ0v) is 7.53. The molecule has 0 N–H and O–H groups in total. The Morgan fingerprint density at radius 1 is 1.50 bits per heavy atom. The molecule has 0 unspecified atom stereocenters. The van der Waals surface area contributed by atoms with E-state index in [-0.39, 0.29) is 11.7 Å². The first kappa shape index (κ1) is 10.7. The third kappa shape index (κ3) is 3.75. The third-order valence-corrected chi connectivity index (χ3v) is 1.24. The number of rotatable bonds is 5. The maximum atomic E-state index is 10.9. The molecule has 0 aliphatic carbocycles. The van der Waals surface area contributed by atoms with Crippen LogP contribution in [-0.2, 0) is 14.3 Å². The fraction of sp³-hybridized carbons (Fsp3) is 0.500. The Kier molecular flexibility index (Phi) is 4.76. The van der Waals surface area contributed by atoms with Gasteiger partial charge in [0.25, 0.3) is 6.47 Å². The van der Waals surface area contributed by atoms with Crippen molar-refractivity contribution in [3.05, 3.63) is 12.0 Å². The van der Waals surface area contributed by atoms with Crippen LogP contribution in [-0.4, -0.2) is 31.3 Å². The summed E-state index contributed by atoms with van der Waals surface area (Å²) in [5.74, 6) is 0.192. The van der Waals surface area contributed by atoms with Crippen LogP contribution in [0.3, 0.4) is 0 Å². The summed E-state index contributed by atoms with van der Waals surface area (Å²) in [4.78, 5) is 22.4. The number of ketones is 1. The van der Waals surface area contributed by atoms with E-state index in [0.29, 0.717) is 12.9 Å². The zero-order chi connectivity index (χ0) is 9.56. The average molecular weight is 171 g/mol. The van der Waals surface area contributed by atoms with Gasteiger partial charge in [0.15, 0.2) is 5.78 Å². The molecule has 0 fully saturated rings. The molecule has 4 nitrogen and oxygen atoms in total.